The van der Waals surface area contributed by atoms with Gasteiger partial charge in [-0.3, -0.25) is 0 Å². The van der Waals surface area contributed by atoms with Crippen molar-refractivity contribution in [2.45, 2.75) is 5.72 Å². The quantitative estimate of drug-likeness (QED) is 0.465. The molecule has 11 heavy (non-hydrogen) atoms. The smallest absolute Gasteiger partial charge is 0.203 e. The average Bonchev–Trinajstić information content (AvgIpc) is 2.66. The first-order chi connectivity index (χ1) is 5.38. The summed E-state index contributed by atoms with van der Waals surface area (Å²) >= 11 is 0. The van der Waals surface area contributed by atoms with Gasteiger partial charge in [0.2, 0.25) is 5.72 Å². The molecule has 0 N–H and O–H groups in total. The first kappa shape index (κ1) is 5.49. The van der Waals surface area contributed by atoms with E-state index in [1.807, 2.05) is 18.2 Å². The molecule has 1 fully saturated rings. The molecule has 0 amide bonds. The third-order valence-electron chi connectivity index (χ3n) is 2.07. The molecular formula is C9H7NO. The molecule has 1 spiro atoms. The van der Waals surface area contributed by atoms with Gasteiger partial charge in [0.25, 0.3) is 0 Å². The van der Waals surface area contributed by atoms with Crippen LogP contribution in [0, 0.1) is 0 Å². The van der Waals surface area contributed by atoms with Crippen LogP contribution < -0.4 is 10.6 Å². The monoisotopic (exact) mass is 145 g/mol. The molecule has 1 aromatic carbocycles. The number of fused-ring (bicyclic) bond motifs is 1. The zero-order chi connectivity index (χ0) is 7.31. The van der Waals surface area contributed by atoms with Gasteiger partial charge in [-0.15, -0.1) is 0 Å². The van der Waals surface area contributed by atoms with Crippen molar-refractivity contribution in [3.63, 3.8) is 0 Å². The van der Waals surface area contributed by atoms with E-state index < -0.39 is 0 Å². The predicted molar refractivity (Wildman–Crippen MR) is 40.4 cm³/mol. The molecule has 2 aliphatic rings. The Morgan fingerprint density at radius 3 is 2.91 bits per heavy atom. The van der Waals surface area contributed by atoms with E-state index in [4.69, 9.17) is 4.74 Å². The molecule has 2 nitrogen and oxygen atoms in total. The highest BCUT2D eigenvalue weighted by Crippen LogP contribution is 2.30. The standard InChI is InChI=1S/C9H7NO/c1-2-4-8-7(3-1)5-9(10-8)6-11-9/h1-5H,6H2. The summed E-state index contributed by atoms with van der Waals surface area (Å²) in [5.74, 6) is 0. The maximum absolute atomic E-state index is 5.22. The van der Waals surface area contributed by atoms with E-state index in [9.17, 15) is 0 Å². The Balaban J connectivity index is 2.42. The summed E-state index contributed by atoms with van der Waals surface area (Å²) in [4.78, 5) is 4.42. The summed E-state index contributed by atoms with van der Waals surface area (Å²) in [6.07, 6.45) is 2.09. The number of rotatable bonds is 0. The van der Waals surface area contributed by atoms with Gasteiger partial charge >= 0.3 is 0 Å². The molecule has 54 valence electrons. The summed E-state index contributed by atoms with van der Waals surface area (Å²) in [5.41, 5.74) is -0.246. The summed E-state index contributed by atoms with van der Waals surface area (Å²) in [5, 5.41) is 2.26. The lowest BCUT2D eigenvalue weighted by Crippen LogP contribution is -2.19. The van der Waals surface area contributed by atoms with Crippen molar-refractivity contribution >= 4 is 6.08 Å². The molecule has 2 heterocycles. The van der Waals surface area contributed by atoms with Crippen LogP contribution in [0.3, 0.4) is 0 Å². The molecule has 0 radical (unpaired) electrons. The van der Waals surface area contributed by atoms with Crippen LogP contribution in [-0.2, 0) is 4.74 Å². The van der Waals surface area contributed by atoms with Crippen LogP contribution in [0.25, 0.3) is 6.08 Å². The first-order valence-corrected chi connectivity index (χ1v) is 3.70. The van der Waals surface area contributed by atoms with Gasteiger partial charge in [-0.2, -0.15) is 0 Å². The van der Waals surface area contributed by atoms with Crippen molar-refractivity contribution in [3.05, 3.63) is 34.8 Å². The van der Waals surface area contributed by atoms with E-state index >= 15 is 0 Å². The Kier molecular flexibility index (Phi) is 0.767. The molecule has 1 saturated heterocycles. The first-order valence-electron chi connectivity index (χ1n) is 3.70. The van der Waals surface area contributed by atoms with Crippen LogP contribution in [0.2, 0.25) is 0 Å². The molecule has 0 aromatic heterocycles. The number of nitrogens with zero attached hydrogens (tertiary/aromatic N) is 1. The second-order valence-electron chi connectivity index (χ2n) is 2.95. The van der Waals surface area contributed by atoms with E-state index in [1.54, 1.807) is 0 Å². The lowest BCUT2D eigenvalue weighted by Gasteiger charge is -1.87. The third-order valence-corrected chi connectivity index (χ3v) is 2.07. The number of para-hydroxylation sites is 1. The zero-order valence-electron chi connectivity index (χ0n) is 5.95. The molecule has 0 aliphatic carbocycles. The molecular weight excluding hydrogens is 138 g/mol. The maximum atomic E-state index is 5.22. The van der Waals surface area contributed by atoms with Gasteiger partial charge in [-0.1, -0.05) is 18.2 Å². The topological polar surface area (TPSA) is 24.9 Å². The van der Waals surface area contributed by atoms with E-state index in [2.05, 4.69) is 17.1 Å². The molecule has 3 rings (SSSR count). The average molecular weight is 145 g/mol. The Hall–Kier alpha value is -1.15. The van der Waals surface area contributed by atoms with Gasteiger partial charge in [-0.25, -0.2) is 4.99 Å². The number of ether oxygens (including phenoxy) is 1. The van der Waals surface area contributed by atoms with E-state index in [-0.39, 0.29) is 5.72 Å². The SMILES string of the molecule is C1=c2ccccc2=NC12CO2. The second-order valence-corrected chi connectivity index (χ2v) is 2.95. The lowest BCUT2D eigenvalue weighted by atomic mass is 10.2. The molecule has 1 unspecified atom stereocenters. The number of hydrogen-bond donors (Lipinski definition) is 0. The van der Waals surface area contributed by atoms with Crippen LogP contribution >= 0.6 is 0 Å². The van der Waals surface area contributed by atoms with Crippen molar-refractivity contribution in [2.75, 3.05) is 6.61 Å². The fourth-order valence-electron chi connectivity index (χ4n) is 1.41. The summed E-state index contributed by atoms with van der Waals surface area (Å²) in [6, 6.07) is 8.10. The van der Waals surface area contributed by atoms with Crippen molar-refractivity contribution in [2.24, 2.45) is 4.99 Å². The Morgan fingerprint density at radius 2 is 2.18 bits per heavy atom. The number of hydrogen-bond acceptors (Lipinski definition) is 2. The summed E-state index contributed by atoms with van der Waals surface area (Å²) < 4.78 is 5.22. The minimum atomic E-state index is -0.246. The van der Waals surface area contributed by atoms with E-state index in [1.165, 1.54) is 5.22 Å². The van der Waals surface area contributed by atoms with Gasteiger partial charge < -0.3 is 4.74 Å². The van der Waals surface area contributed by atoms with E-state index in [0.717, 1.165) is 12.0 Å². The van der Waals surface area contributed by atoms with Gasteiger partial charge in [0.1, 0.15) is 6.61 Å². The Morgan fingerprint density at radius 1 is 1.36 bits per heavy atom. The van der Waals surface area contributed by atoms with Crippen LogP contribution in [0.4, 0.5) is 0 Å². The Bertz CT molecular complexity index is 380. The van der Waals surface area contributed by atoms with Crippen LogP contribution in [0.15, 0.2) is 29.3 Å². The van der Waals surface area contributed by atoms with Gasteiger partial charge in [0.05, 0.1) is 5.36 Å². The largest absolute Gasteiger partial charge is 0.343 e. The van der Waals surface area contributed by atoms with Crippen molar-refractivity contribution in [1.29, 1.82) is 0 Å². The highest BCUT2D eigenvalue weighted by molar-refractivity contribution is 5.42. The molecule has 1 atom stereocenters. The number of benzene rings is 1. The molecule has 1 aromatic rings. The molecule has 0 saturated carbocycles. The lowest BCUT2D eigenvalue weighted by molar-refractivity contribution is 0.372. The van der Waals surface area contributed by atoms with Crippen molar-refractivity contribution in [1.82, 2.24) is 0 Å². The fraction of sp³-hybridized carbons (Fsp3) is 0.222. The summed E-state index contributed by atoms with van der Waals surface area (Å²) in [7, 11) is 0. The normalized spacial score (nSPS) is 30.9. The van der Waals surface area contributed by atoms with Gasteiger partial charge in [-0.05, 0) is 12.1 Å². The van der Waals surface area contributed by atoms with Crippen LogP contribution in [-0.4, -0.2) is 12.3 Å². The van der Waals surface area contributed by atoms with Gasteiger partial charge in [0.15, 0.2) is 0 Å². The number of epoxide rings is 1. The summed E-state index contributed by atoms with van der Waals surface area (Å²) in [6.45, 7) is 0.752. The second kappa shape index (κ2) is 1.53. The maximum Gasteiger partial charge on any atom is 0.203 e. The molecule has 0 bridgehead atoms. The van der Waals surface area contributed by atoms with Crippen molar-refractivity contribution < 1.29 is 4.74 Å². The van der Waals surface area contributed by atoms with Crippen molar-refractivity contribution in [3.8, 4) is 0 Å². The molecule has 2 heteroatoms. The Labute approximate surface area is 63.8 Å². The minimum Gasteiger partial charge on any atom is -0.343 e. The fourth-order valence-corrected chi connectivity index (χ4v) is 1.41. The molecule has 2 aliphatic heterocycles. The van der Waals surface area contributed by atoms with Gasteiger partial charge in [0, 0.05) is 5.22 Å². The predicted octanol–water partition coefficient (Wildman–Crippen LogP) is -0.173. The third kappa shape index (κ3) is 0.672. The van der Waals surface area contributed by atoms with Crippen LogP contribution in [0.1, 0.15) is 0 Å². The zero-order valence-corrected chi connectivity index (χ0v) is 5.95. The highest BCUT2D eigenvalue weighted by atomic mass is 16.6. The highest BCUT2D eigenvalue weighted by Gasteiger charge is 2.43. The minimum absolute atomic E-state index is 0.246. The van der Waals surface area contributed by atoms with E-state index in [0.29, 0.717) is 0 Å². The van der Waals surface area contributed by atoms with Crippen LogP contribution in [0.5, 0.6) is 0 Å².